The molecule has 0 saturated carbocycles. The minimum atomic E-state index is -3.86. The van der Waals surface area contributed by atoms with E-state index in [0.717, 1.165) is 16.1 Å². The molecular weight excluding hydrogens is 422 g/mol. The molecule has 162 valence electrons. The highest BCUT2D eigenvalue weighted by Crippen LogP contribution is 2.14. The topological polar surface area (TPSA) is 130 Å². The lowest BCUT2D eigenvalue weighted by Crippen LogP contribution is -2.48. The van der Waals surface area contributed by atoms with Crippen molar-refractivity contribution in [3.8, 4) is 0 Å². The van der Waals surface area contributed by atoms with Gasteiger partial charge in [0.1, 0.15) is 6.54 Å². The summed E-state index contributed by atoms with van der Waals surface area (Å²) < 4.78 is 27.2. The quantitative estimate of drug-likeness (QED) is 0.523. The number of hydrazine groups is 1. The van der Waals surface area contributed by atoms with E-state index in [2.05, 4.69) is 15.8 Å². The van der Waals surface area contributed by atoms with Gasteiger partial charge < -0.3 is 0 Å². The summed E-state index contributed by atoms with van der Waals surface area (Å²) >= 11 is 0. The van der Waals surface area contributed by atoms with E-state index < -0.39 is 33.9 Å². The van der Waals surface area contributed by atoms with Gasteiger partial charge in [-0.15, -0.1) is 0 Å². The zero-order valence-corrected chi connectivity index (χ0v) is 17.7. The second kappa shape index (κ2) is 9.06. The summed E-state index contributed by atoms with van der Waals surface area (Å²) in [6.45, 7) is 0.980. The normalized spacial score (nSPS) is 11.5. The summed E-state index contributed by atoms with van der Waals surface area (Å²) in [5.74, 6) is -1.39. The number of sulfonamides is 1. The number of aryl methyl sites for hydroxylation is 1. The van der Waals surface area contributed by atoms with Crippen LogP contribution in [0.2, 0.25) is 0 Å². The molecule has 2 amide bonds. The summed E-state index contributed by atoms with van der Waals surface area (Å²) in [4.78, 5) is 40.5. The number of likely N-dealkylation sites (N-methyl/N-ethyl adjacent to an activating group) is 1. The number of aromatic nitrogens is 2. The van der Waals surface area contributed by atoms with E-state index in [1.54, 1.807) is 36.4 Å². The lowest BCUT2D eigenvalue weighted by Gasteiger charge is -2.17. The van der Waals surface area contributed by atoms with Crippen molar-refractivity contribution in [2.45, 2.75) is 18.4 Å². The van der Waals surface area contributed by atoms with Crippen molar-refractivity contribution in [3.63, 3.8) is 0 Å². The maximum atomic E-state index is 12.5. The van der Waals surface area contributed by atoms with E-state index in [1.165, 1.54) is 23.7 Å². The van der Waals surface area contributed by atoms with Crippen LogP contribution in [0.5, 0.6) is 0 Å². The molecule has 0 aliphatic carbocycles. The number of fused-ring (bicyclic) bond motifs is 1. The number of carbonyl (C=O) groups is 2. The molecule has 1 aromatic heterocycles. The van der Waals surface area contributed by atoms with Crippen LogP contribution < -0.4 is 16.4 Å². The Labute approximate surface area is 178 Å². The average Bonchev–Trinajstić information content (AvgIpc) is 2.74. The van der Waals surface area contributed by atoms with Gasteiger partial charge in [-0.3, -0.25) is 29.8 Å². The third-order valence-electron chi connectivity index (χ3n) is 4.49. The summed E-state index contributed by atoms with van der Waals surface area (Å²) in [5, 5.41) is 0. The summed E-state index contributed by atoms with van der Waals surface area (Å²) in [6.07, 6.45) is 1.11. The lowest BCUT2D eigenvalue weighted by molar-refractivity contribution is -0.129. The fourth-order valence-corrected chi connectivity index (χ4v) is 3.94. The predicted molar refractivity (Wildman–Crippen MR) is 113 cm³/mol. The first-order valence-corrected chi connectivity index (χ1v) is 10.7. The molecule has 1 heterocycles. The fraction of sp³-hybridized carbons (Fsp3) is 0.200. The first kappa shape index (κ1) is 22.1. The van der Waals surface area contributed by atoms with Crippen molar-refractivity contribution < 1.29 is 18.0 Å². The molecule has 0 radical (unpaired) electrons. The Kier molecular flexibility index (Phi) is 6.47. The third-order valence-corrected chi connectivity index (χ3v) is 6.31. The van der Waals surface area contributed by atoms with Gasteiger partial charge in [-0.2, -0.15) is 4.31 Å². The molecule has 3 rings (SSSR count). The Morgan fingerprint density at radius 3 is 2.39 bits per heavy atom. The van der Waals surface area contributed by atoms with Crippen molar-refractivity contribution in [3.05, 3.63) is 70.6 Å². The Balaban J connectivity index is 1.60. The van der Waals surface area contributed by atoms with Crippen LogP contribution in [0.3, 0.4) is 0 Å². The molecule has 31 heavy (non-hydrogen) atoms. The molecule has 0 spiro atoms. The number of hydrogen-bond acceptors (Lipinski definition) is 6. The number of rotatable bonds is 6. The number of hydrogen-bond donors (Lipinski definition) is 2. The van der Waals surface area contributed by atoms with E-state index in [1.807, 2.05) is 6.92 Å². The Morgan fingerprint density at radius 1 is 1.03 bits per heavy atom. The molecule has 0 atom stereocenters. The van der Waals surface area contributed by atoms with Crippen molar-refractivity contribution in [1.82, 2.24) is 24.7 Å². The number of nitrogens with one attached hydrogen (secondary N) is 2. The van der Waals surface area contributed by atoms with Gasteiger partial charge in [0, 0.05) is 7.05 Å². The molecule has 0 bridgehead atoms. The first-order chi connectivity index (χ1) is 14.7. The average molecular weight is 443 g/mol. The van der Waals surface area contributed by atoms with Crippen molar-refractivity contribution in [2.24, 2.45) is 0 Å². The highest BCUT2D eigenvalue weighted by Gasteiger charge is 2.23. The number of carbonyl (C=O) groups excluding carboxylic acids is 2. The van der Waals surface area contributed by atoms with Crippen LogP contribution in [0, 0.1) is 6.92 Å². The van der Waals surface area contributed by atoms with Gasteiger partial charge >= 0.3 is 0 Å². The van der Waals surface area contributed by atoms with Crippen LogP contribution in [-0.4, -0.2) is 47.7 Å². The largest absolute Gasteiger partial charge is 0.296 e. The van der Waals surface area contributed by atoms with Gasteiger partial charge in [0.2, 0.25) is 10.0 Å². The van der Waals surface area contributed by atoms with Gasteiger partial charge in [0.15, 0.2) is 0 Å². The van der Waals surface area contributed by atoms with Crippen molar-refractivity contribution >= 4 is 32.9 Å². The molecule has 2 N–H and O–H groups in total. The lowest BCUT2D eigenvalue weighted by atomic mass is 10.2. The van der Waals surface area contributed by atoms with E-state index in [-0.39, 0.29) is 11.4 Å². The highest BCUT2D eigenvalue weighted by atomic mass is 32.2. The Morgan fingerprint density at radius 2 is 1.68 bits per heavy atom. The molecule has 10 nitrogen and oxygen atoms in total. The summed E-state index contributed by atoms with van der Waals surface area (Å²) in [7, 11) is -2.60. The van der Waals surface area contributed by atoms with Gasteiger partial charge in [0.05, 0.1) is 28.7 Å². The van der Waals surface area contributed by atoms with E-state index in [0.29, 0.717) is 11.0 Å². The number of nitrogens with zero attached hydrogens (tertiary/aromatic N) is 3. The molecule has 3 aromatic rings. The zero-order valence-electron chi connectivity index (χ0n) is 16.9. The maximum Gasteiger partial charge on any atom is 0.269 e. The summed E-state index contributed by atoms with van der Waals surface area (Å²) in [6, 6.07) is 13.1. The molecular formula is C20H21N5O5S. The van der Waals surface area contributed by atoms with Crippen molar-refractivity contribution in [2.75, 3.05) is 13.6 Å². The molecule has 0 aliphatic rings. The maximum absolute atomic E-state index is 12.5. The number of benzene rings is 2. The third kappa shape index (κ3) is 5.13. The minimum Gasteiger partial charge on any atom is -0.296 e. The van der Waals surface area contributed by atoms with E-state index >= 15 is 0 Å². The number of amides is 2. The van der Waals surface area contributed by atoms with Gasteiger partial charge in [-0.05, 0) is 31.2 Å². The van der Waals surface area contributed by atoms with Gasteiger partial charge in [0.25, 0.3) is 17.4 Å². The van der Waals surface area contributed by atoms with Crippen LogP contribution in [0.4, 0.5) is 0 Å². The van der Waals surface area contributed by atoms with Crippen LogP contribution in [0.1, 0.15) is 5.56 Å². The SMILES string of the molecule is Cc1ccc(S(=O)(=O)N(C)CC(=O)NNC(=O)Cn2c(=O)cnc3ccccc32)cc1. The van der Waals surface area contributed by atoms with Gasteiger partial charge in [-0.25, -0.2) is 13.4 Å². The van der Waals surface area contributed by atoms with Gasteiger partial charge in [-0.1, -0.05) is 29.8 Å². The number of para-hydroxylation sites is 2. The second-order valence-electron chi connectivity index (χ2n) is 6.84. The van der Waals surface area contributed by atoms with Crippen LogP contribution in [0.15, 0.2) is 64.4 Å². The standard InChI is InChI=1S/C20H21N5O5S/c1-14-7-9-15(10-8-14)31(29,30)24(2)12-18(26)22-23-19(27)13-25-17-6-4-3-5-16(17)21-11-20(25)28/h3-11H,12-13H2,1-2H3,(H,22,26)(H,23,27). The summed E-state index contributed by atoms with van der Waals surface area (Å²) in [5.41, 5.74) is 5.80. The van der Waals surface area contributed by atoms with E-state index in [9.17, 15) is 22.8 Å². The highest BCUT2D eigenvalue weighted by molar-refractivity contribution is 7.89. The first-order valence-electron chi connectivity index (χ1n) is 9.24. The van der Waals surface area contributed by atoms with Crippen LogP contribution in [0.25, 0.3) is 11.0 Å². The predicted octanol–water partition coefficient (Wildman–Crippen LogP) is 0.173. The second-order valence-corrected chi connectivity index (χ2v) is 8.89. The molecule has 0 aliphatic heterocycles. The van der Waals surface area contributed by atoms with E-state index in [4.69, 9.17) is 0 Å². The Hall–Kier alpha value is -3.57. The monoisotopic (exact) mass is 443 g/mol. The molecule has 0 fully saturated rings. The molecule has 0 saturated heterocycles. The zero-order chi connectivity index (χ0) is 22.6. The minimum absolute atomic E-state index is 0.0568. The van der Waals surface area contributed by atoms with Crippen molar-refractivity contribution in [1.29, 1.82) is 0 Å². The molecule has 11 heteroatoms. The Bertz CT molecular complexity index is 1290. The molecule has 0 unspecified atom stereocenters. The fourth-order valence-electron chi connectivity index (χ4n) is 2.82. The van der Waals surface area contributed by atoms with Crippen LogP contribution in [-0.2, 0) is 26.2 Å². The smallest absolute Gasteiger partial charge is 0.269 e. The van der Waals surface area contributed by atoms with Crippen LogP contribution >= 0.6 is 0 Å². The molecule has 2 aromatic carbocycles.